The second kappa shape index (κ2) is 4.75. The first-order valence-corrected chi connectivity index (χ1v) is 5.65. The number of rotatable bonds is 3. The fourth-order valence-electron chi connectivity index (χ4n) is 0.930. The number of aromatic nitrogens is 1. The summed E-state index contributed by atoms with van der Waals surface area (Å²) in [5.74, 6) is -0.196. The van der Waals surface area contributed by atoms with Crippen molar-refractivity contribution in [1.82, 2.24) is 4.98 Å². The zero-order valence-corrected chi connectivity index (χ0v) is 9.90. The summed E-state index contributed by atoms with van der Waals surface area (Å²) in [6, 6.07) is 1.22. The van der Waals surface area contributed by atoms with E-state index in [1.54, 1.807) is 11.8 Å². The van der Waals surface area contributed by atoms with Crippen molar-refractivity contribution < 1.29 is 9.18 Å². The SMILES string of the molecule is CC(C)(C)SCC(=O)c1cncc(F)c1. The number of carbonyl (C=O) groups excluding carboxylic acids is 1. The van der Waals surface area contributed by atoms with Gasteiger partial charge in [-0.3, -0.25) is 9.78 Å². The molecule has 1 aromatic heterocycles. The highest BCUT2D eigenvalue weighted by molar-refractivity contribution is 8.01. The van der Waals surface area contributed by atoms with Gasteiger partial charge in [0.2, 0.25) is 0 Å². The second-order valence-electron chi connectivity index (χ2n) is 4.22. The van der Waals surface area contributed by atoms with Crippen molar-refractivity contribution in [3.05, 3.63) is 29.8 Å². The van der Waals surface area contributed by atoms with E-state index in [9.17, 15) is 9.18 Å². The van der Waals surface area contributed by atoms with Crippen LogP contribution in [0, 0.1) is 5.82 Å². The fraction of sp³-hybridized carbons (Fsp3) is 0.455. The third-order valence-electron chi connectivity index (χ3n) is 1.66. The number of carbonyl (C=O) groups is 1. The summed E-state index contributed by atoms with van der Waals surface area (Å²) >= 11 is 1.54. The summed E-state index contributed by atoms with van der Waals surface area (Å²) < 4.78 is 12.8. The van der Waals surface area contributed by atoms with Crippen LogP contribution in [0.25, 0.3) is 0 Å². The molecule has 4 heteroatoms. The fourth-order valence-corrected chi connectivity index (χ4v) is 1.66. The van der Waals surface area contributed by atoms with Gasteiger partial charge in [0.25, 0.3) is 0 Å². The van der Waals surface area contributed by atoms with Crippen LogP contribution in [0.3, 0.4) is 0 Å². The van der Waals surface area contributed by atoms with E-state index in [0.717, 1.165) is 6.20 Å². The predicted octanol–water partition coefficient (Wildman–Crippen LogP) is 2.94. The van der Waals surface area contributed by atoms with Crippen LogP contribution in [0.4, 0.5) is 4.39 Å². The van der Waals surface area contributed by atoms with Crippen LogP contribution < -0.4 is 0 Å². The number of thioether (sulfide) groups is 1. The molecule has 0 atom stereocenters. The lowest BCUT2D eigenvalue weighted by atomic mass is 10.2. The Bertz CT molecular complexity index is 360. The first-order valence-electron chi connectivity index (χ1n) is 4.66. The van der Waals surface area contributed by atoms with Crippen molar-refractivity contribution in [2.45, 2.75) is 25.5 Å². The van der Waals surface area contributed by atoms with Gasteiger partial charge in [-0.25, -0.2) is 4.39 Å². The van der Waals surface area contributed by atoms with E-state index in [4.69, 9.17) is 0 Å². The first kappa shape index (κ1) is 12.2. The second-order valence-corrected chi connectivity index (χ2v) is 6.02. The minimum absolute atomic E-state index is 0.0381. The van der Waals surface area contributed by atoms with Gasteiger partial charge < -0.3 is 0 Å². The van der Waals surface area contributed by atoms with E-state index in [2.05, 4.69) is 4.98 Å². The van der Waals surface area contributed by atoms with E-state index < -0.39 is 5.82 Å². The molecule has 0 aromatic carbocycles. The first-order chi connectivity index (χ1) is 6.88. The highest BCUT2D eigenvalue weighted by atomic mass is 32.2. The molecular weight excluding hydrogens is 213 g/mol. The lowest BCUT2D eigenvalue weighted by Gasteiger charge is -2.16. The van der Waals surface area contributed by atoms with Crippen LogP contribution in [0.2, 0.25) is 0 Å². The molecule has 1 rings (SSSR count). The van der Waals surface area contributed by atoms with Gasteiger partial charge in [0.1, 0.15) is 5.82 Å². The molecular formula is C11H14FNOS. The Morgan fingerprint density at radius 1 is 1.47 bits per heavy atom. The van der Waals surface area contributed by atoms with Gasteiger partial charge in [-0.15, -0.1) is 11.8 Å². The molecule has 2 nitrogen and oxygen atoms in total. The summed E-state index contributed by atoms with van der Waals surface area (Å²) in [6.45, 7) is 6.11. The summed E-state index contributed by atoms with van der Waals surface area (Å²) in [5.41, 5.74) is 0.340. The normalized spacial score (nSPS) is 11.5. The zero-order chi connectivity index (χ0) is 11.5. The number of hydrogen-bond donors (Lipinski definition) is 0. The van der Waals surface area contributed by atoms with Crippen LogP contribution in [-0.4, -0.2) is 21.3 Å². The van der Waals surface area contributed by atoms with E-state index >= 15 is 0 Å². The minimum atomic E-state index is -0.471. The van der Waals surface area contributed by atoms with E-state index in [0.29, 0.717) is 11.3 Å². The van der Waals surface area contributed by atoms with Gasteiger partial charge >= 0.3 is 0 Å². The minimum Gasteiger partial charge on any atom is -0.293 e. The molecule has 0 amide bonds. The highest BCUT2D eigenvalue weighted by Gasteiger charge is 2.14. The Labute approximate surface area is 93.3 Å². The van der Waals surface area contributed by atoms with Gasteiger partial charge in [-0.05, 0) is 6.07 Å². The Morgan fingerprint density at radius 2 is 2.13 bits per heavy atom. The number of hydrogen-bond acceptors (Lipinski definition) is 3. The standard InChI is InChI=1S/C11H14FNOS/c1-11(2,3)15-7-10(14)8-4-9(12)6-13-5-8/h4-6H,7H2,1-3H3. The molecule has 82 valence electrons. The maximum atomic E-state index is 12.8. The molecule has 0 bridgehead atoms. The van der Waals surface area contributed by atoms with Crippen LogP contribution in [0.1, 0.15) is 31.1 Å². The Balaban J connectivity index is 2.62. The van der Waals surface area contributed by atoms with Crippen molar-refractivity contribution in [1.29, 1.82) is 0 Å². The summed E-state index contributed by atoms with van der Waals surface area (Å²) in [4.78, 5) is 15.3. The summed E-state index contributed by atoms with van der Waals surface area (Å²) in [5, 5.41) is 0. The summed E-state index contributed by atoms with van der Waals surface area (Å²) in [6.07, 6.45) is 2.49. The van der Waals surface area contributed by atoms with Gasteiger partial charge in [-0.2, -0.15) is 0 Å². The molecule has 15 heavy (non-hydrogen) atoms. The topological polar surface area (TPSA) is 30.0 Å². The summed E-state index contributed by atoms with van der Waals surface area (Å²) in [7, 11) is 0. The molecule has 0 aliphatic rings. The Morgan fingerprint density at radius 3 is 2.67 bits per heavy atom. The van der Waals surface area contributed by atoms with Gasteiger partial charge in [0, 0.05) is 16.5 Å². The van der Waals surface area contributed by atoms with Gasteiger partial charge in [0.15, 0.2) is 5.78 Å². The largest absolute Gasteiger partial charge is 0.293 e. The molecule has 0 spiro atoms. The van der Waals surface area contributed by atoms with E-state index in [-0.39, 0.29) is 10.5 Å². The smallest absolute Gasteiger partial charge is 0.174 e. The Hall–Kier alpha value is -0.900. The van der Waals surface area contributed by atoms with Crippen LogP contribution >= 0.6 is 11.8 Å². The molecule has 0 unspecified atom stereocenters. The molecule has 0 saturated heterocycles. The lowest BCUT2D eigenvalue weighted by molar-refractivity contribution is 0.102. The van der Waals surface area contributed by atoms with E-state index in [1.807, 2.05) is 20.8 Å². The molecule has 1 heterocycles. The molecule has 0 fully saturated rings. The van der Waals surface area contributed by atoms with Crippen molar-refractivity contribution >= 4 is 17.5 Å². The van der Waals surface area contributed by atoms with Gasteiger partial charge in [0.05, 0.1) is 11.9 Å². The van der Waals surface area contributed by atoms with Crippen LogP contribution in [0.15, 0.2) is 18.5 Å². The predicted molar refractivity (Wildman–Crippen MR) is 60.7 cm³/mol. The number of halogens is 1. The zero-order valence-electron chi connectivity index (χ0n) is 9.08. The van der Waals surface area contributed by atoms with E-state index in [1.165, 1.54) is 12.3 Å². The number of nitrogens with zero attached hydrogens (tertiary/aromatic N) is 1. The molecule has 0 aliphatic heterocycles. The van der Waals surface area contributed by atoms with Crippen molar-refractivity contribution in [2.75, 3.05) is 5.75 Å². The lowest BCUT2D eigenvalue weighted by Crippen LogP contribution is -2.13. The maximum absolute atomic E-state index is 12.8. The quantitative estimate of drug-likeness (QED) is 0.744. The van der Waals surface area contributed by atoms with Crippen molar-refractivity contribution in [3.63, 3.8) is 0 Å². The van der Waals surface area contributed by atoms with Crippen molar-refractivity contribution in [2.24, 2.45) is 0 Å². The molecule has 0 radical (unpaired) electrons. The van der Waals surface area contributed by atoms with Gasteiger partial charge in [-0.1, -0.05) is 20.8 Å². The molecule has 0 aliphatic carbocycles. The molecule has 0 saturated carbocycles. The maximum Gasteiger partial charge on any atom is 0.174 e. The Kier molecular flexibility index (Phi) is 3.85. The van der Waals surface area contributed by atoms with Crippen LogP contribution in [-0.2, 0) is 0 Å². The molecule has 0 N–H and O–H groups in total. The molecule has 1 aromatic rings. The van der Waals surface area contributed by atoms with Crippen LogP contribution in [0.5, 0.6) is 0 Å². The monoisotopic (exact) mass is 227 g/mol. The highest BCUT2D eigenvalue weighted by Crippen LogP contribution is 2.23. The van der Waals surface area contributed by atoms with Crippen molar-refractivity contribution in [3.8, 4) is 0 Å². The third-order valence-corrected chi connectivity index (χ3v) is 2.94. The number of Topliss-reactive ketones (excluding diaryl/α,β-unsaturated/α-hetero) is 1. The number of ketones is 1. The third kappa shape index (κ3) is 4.42. The average Bonchev–Trinajstić information content (AvgIpc) is 2.13. The number of pyridine rings is 1. The average molecular weight is 227 g/mol.